The van der Waals surface area contributed by atoms with Gasteiger partial charge in [-0.05, 0) is 37.6 Å². The van der Waals surface area contributed by atoms with Crippen LogP contribution in [-0.2, 0) is 0 Å². The highest BCUT2D eigenvalue weighted by molar-refractivity contribution is 5.92. The van der Waals surface area contributed by atoms with Crippen LogP contribution in [0.25, 0.3) is 5.65 Å². The molecule has 1 aliphatic rings. The first-order valence-corrected chi connectivity index (χ1v) is 11.3. The maximum Gasteiger partial charge on any atom is 0.268 e. The molecule has 1 amide bonds. The standard InChI is InChI=1S/C17H18N6O2.C6H5F.C2H6/c1-11-9-19-15-2-3-16(21-23(11)15)22-7-5-12(10-22)20-17(25)14-8-13(24)4-6-18-14;7-6-4-2-1-3-5-6;1-2/h2-4,6,8-9,12H,5,7,10H2,1H3,(H,18,24)(H,20,25);1-5H;1-2H3/t12-;;/m0../s1. The van der Waals surface area contributed by atoms with Gasteiger partial charge in [0.05, 0.1) is 11.9 Å². The van der Waals surface area contributed by atoms with Crippen LogP contribution in [0, 0.1) is 12.7 Å². The van der Waals surface area contributed by atoms with Gasteiger partial charge in [-0.15, -0.1) is 5.10 Å². The van der Waals surface area contributed by atoms with Gasteiger partial charge in [0.1, 0.15) is 17.3 Å². The van der Waals surface area contributed by atoms with E-state index < -0.39 is 0 Å². The third kappa shape index (κ3) is 6.28. The lowest BCUT2D eigenvalue weighted by Crippen LogP contribution is -2.38. The summed E-state index contributed by atoms with van der Waals surface area (Å²) in [6.07, 6.45) is 4.09. The summed E-state index contributed by atoms with van der Waals surface area (Å²) in [4.78, 5) is 32.8. The number of fused-ring (bicyclic) bond motifs is 1. The molecule has 1 saturated heterocycles. The van der Waals surface area contributed by atoms with Crippen molar-refractivity contribution < 1.29 is 9.18 Å². The van der Waals surface area contributed by atoms with Crippen molar-refractivity contribution in [3.8, 4) is 0 Å². The lowest BCUT2D eigenvalue weighted by atomic mass is 10.2. The number of carbonyl (C=O) groups is 1. The second-order valence-corrected chi connectivity index (χ2v) is 7.50. The summed E-state index contributed by atoms with van der Waals surface area (Å²) in [5.41, 5.74) is 1.89. The normalized spacial score (nSPS) is 14.6. The van der Waals surface area contributed by atoms with E-state index >= 15 is 0 Å². The van der Waals surface area contributed by atoms with E-state index in [1.165, 1.54) is 30.5 Å². The Morgan fingerprint density at radius 1 is 1.15 bits per heavy atom. The first-order valence-electron chi connectivity index (χ1n) is 11.3. The number of H-pyrrole nitrogens is 1. The summed E-state index contributed by atoms with van der Waals surface area (Å²) in [5.74, 6) is 0.416. The van der Waals surface area contributed by atoms with E-state index in [9.17, 15) is 14.0 Å². The van der Waals surface area contributed by atoms with Crippen LogP contribution in [0.15, 0.2) is 71.8 Å². The van der Waals surface area contributed by atoms with Gasteiger partial charge in [0.2, 0.25) is 0 Å². The lowest BCUT2D eigenvalue weighted by Gasteiger charge is -2.18. The predicted molar refractivity (Wildman–Crippen MR) is 131 cm³/mol. The quantitative estimate of drug-likeness (QED) is 0.483. The van der Waals surface area contributed by atoms with Crippen LogP contribution in [0.5, 0.6) is 0 Å². The first-order chi connectivity index (χ1) is 16.5. The first kappa shape index (κ1) is 24.6. The minimum Gasteiger partial charge on any atom is -0.357 e. The van der Waals surface area contributed by atoms with Crippen molar-refractivity contribution in [1.82, 2.24) is 24.9 Å². The highest BCUT2D eigenvalue weighted by atomic mass is 19.1. The van der Waals surface area contributed by atoms with Crippen molar-refractivity contribution in [3.63, 3.8) is 0 Å². The number of nitrogens with one attached hydrogen (secondary N) is 2. The Morgan fingerprint density at radius 3 is 2.59 bits per heavy atom. The largest absolute Gasteiger partial charge is 0.357 e. The van der Waals surface area contributed by atoms with Crippen molar-refractivity contribution >= 4 is 17.4 Å². The van der Waals surface area contributed by atoms with Crippen LogP contribution >= 0.6 is 0 Å². The number of imidazole rings is 1. The third-order valence-electron chi connectivity index (χ3n) is 5.12. The number of amides is 1. The SMILES string of the molecule is CC.Cc1cnc2ccc(N3CC[C@H](NC(=O)c4cc(=O)cc[nH]4)C3)nn12.Fc1ccccc1. The van der Waals surface area contributed by atoms with E-state index in [1.807, 2.05) is 37.4 Å². The molecule has 0 aliphatic carbocycles. The Hall–Kier alpha value is -4.01. The second-order valence-electron chi connectivity index (χ2n) is 7.50. The van der Waals surface area contributed by atoms with Gasteiger partial charge in [-0.2, -0.15) is 0 Å². The molecule has 5 rings (SSSR count). The van der Waals surface area contributed by atoms with Gasteiger partial charge in [-0.25, -0.2) is 13.9 Å². The van der Waals surface area contributed by atoms with E-state index in [2.05, 4.69) is 25.3 Å². The topological polar surface area (TPSA) is 95.4 Å². The number of aromatic amines is 1. The van der Waals surface area contributed by atoms with E-state index in [0.717, 1.165) is 30.1 Å². The molecule has 1 atom stereocenters. The van der Waals surface area contributed by atoms with Crippen LogP contribution < -0.4 is 15.6 Å². The number of pyridine rings is 1. The van der Waals surface area contributed by atoms with E-state index in [0.29, 0.717) is 6.54 Å². The Labute approximate surface area is 197 Å². The summed E-state index contributed by atoms with van der Waals surface area (Å²) in [6, 6.07) is 14.5. The molecule has 1 fully saturated rings. The van der Waals surface area contributed by atoms with Gasteiger partial charge in [-0.1, -0.05) is 32.0 Å². The number of nitrogens with zero attached hydrogens (tertiary/aromatic N) is 4. The Morgan fingerprint density at radius 2 is 1.91 bits per heavy atom. The number of hydrogen-bond acceptors (Lipinski definition) is 5. The van der Waals surface area contributed by atoms with Crippen LogP contribution in [-0.4, -0.2) is 44.6 Å². The van der Waals surface area contributed by atoms with Crippen molar-refractivity contribution in [2.45, 2.75) is 33.2 Å². The molecule has 4 heterocycles. The van der Waals surface area contributed by atoms with Gasteiger partial charge in [-0.3, -0.25) is 9.59 Å². The van der Waals surface area contributed by atoms with Gasteiger partial charge in [0.25, 0.3) is 5.91 Å². The molecule has 0 bridgehead atoms. The number of aryl methyl sites for hydroxylation is 1. The van der Waals surface area contributed by atoms with Crippen LogP contribution in [0.4, 0.5) is 10.2 Å². The highest BCUT2D eigenvalue weighted by Crippen LogP contribution is 2.19. The van der Waals surface area contributed by atoms with Crippen molar-refractivity contribution in [2.75, 3.05) is 18.0 Å². The zero-order chi connectivity index (χ0) is 24.5. The van der Waals surface area contributed by atoms with Gasteiger partial charge < -0.3 is 15.2 Å². The number of carbonyl (C=O) groups excluding carboxylic acids is 1. The predicted octanol–water partition coefficient (Wildman–Crippen LogP) is 3.59. The molecule has 2 N–H and O–H groups in total. The molecule has 0 saturated carbocycles. The van der Waals surface area contributed by atoms with Crippen molar-refractivity contribution in [1.29, 1.82) is 0 Å². The summed E-state index contributed by atoms with van der Waals surface area (Å²) in [5, 5.41) is 7.59. The molecule has 178 valence electrons. The molecule has 8 nitrogen and oxygen atoms in total. The average Bonchev–Trinajstić information content (AvgIpc) is 3.48. The maximum atomic E-state index is 12.3. The molecule has 4 aromatic rings. The number of benzene rings is 1. The van der Waals surface area contributed by atoms with E-state index in [1.54, 1.807) is 24.4 Å². The number of hydrogen-bond donors (Lipinski definition) is 2. The lowest BCUT2D eigenvalue weighted by molar-refractivity contribution is 0.0935. The summed E-state index contributed by atoms with van der Waals surface area (Å²) in [7, 11) is 0. The Kier molecular flexibility index (Phi) is 8.50. The van der Waals surface area contributed by atoms with Crippen molar-refractivity contribution in [2.24, 2.45) is 0 Å². The van der Waals surface area contributed by atoms with Gasteiger partial charge in [0.15, 0.2) is 11.1 Å². The molecule has 34 heavy (non-hydrogen) atoms. The minimum atomic E-state index is -0.265. The molecule has 1 aromatic carbocycles. The second kappa shape index (κ2) is 11.7. The molecule has 9 heteroatoms. The molecular weight excluding hydrogens is 435 g/mol. The fourth-order valence-corrected chi connectivity index (χ4v) is 3.49. The number of anilines is 1. The molecule has 1 aliphatic heterocycles. The molecule has 0 radical (unpaired) electrons. The number of rotatable bonds is 3. The minimum absolute atomic E-state index is 0.0117. The summed E-state index contributed by atoms with van der Waals surface area (Å²) < 4.78 is 13.7. The zero-order valence-electron chi connectivity index (χ0n) is 19.5. The van der Waals surface area contributed by atoms with Gasteiger partial charge in [0, 0.05) is 37.5 Å². The maximum absolute atomic E-state index is 12.3. The fraction of sp³-hybridized carbons (Fsp3) is 0.280. The van der Waals surface area contributed by atoms with Crippen LogP contribution in [0.3, 0.4) is 0 Å². The molecule has 0 unspecified atom stereocenters. The highest BCUT2D eigenvalue weighted by Gasteiger charge is 2.25. The van der Waals surface area contributed by atoms with E-state index in [4.69, 9.17) is 0 Å². The third-order valence-corrected chi connectivity index (χ3v) is 5.12. The monoisotopic (exact) mass is 464 g/mol. The Bertz CT molecular complexity index is 1270. The number of halogens is 1. The van der Waals surface area contributed by atoms with Gasteiger partial charge >= 0.3 is 0 Å². The van der Waals surface area contributed by atoms with Crippen LogP contribution in [0.2, 0.25) is 0 Å². The van der Waals surface area contributed by atoms with Crippen molar-refractivity contribution in [3.05, 3.63) is 94.4 Å². The summed E-state index contributed by atoms with van der Waals surface area (Å²) >= 11 is 0. The smallest absolute Gasteiger partial charge is 0.268 e. The van der Waals surface area contributed by atoms with E-state index in [-0.39, 0.29) is 28.9 Å². The molecule has 0 spiro atoms. The fourth-order valence-electron chi connectivity index (χ4n) is 3.49. The Balaban J connectivity index is 0.000000306. The zero-order valence-corrected chi connectivity index (χ0v) is 19.5. The van der Waals surface area contributed by atoms with Crippen LogP contribution in [0.1, 0.15) is 36.5 Å². The molecule has 3 aromatic heterocycles. The average molecular weight is 465 g/mol. The number of aromatic nitrogens is 4. The molecular formula is C25H29FN6O2. The summed E-state index contributed by atoms with van der Waals surface area (Å²) in [6.45, 7) is 7.45.